The van der Waals surface area contributed by atoms with Gasteiger partial charge in [-0.1, -0.05) is 19.1 Å². The lowest BCUT2D eigenvalue weighted by Crippen LogP contribution is -2.46. The molecule has 1 aliphatic heterocycles. The van der Waals surface area contributed by atoms with E-state index in [0.717, 1.165) is 20.1 Å². The van der Waals surface area contributed by atoms with Crippen molar-refractivity contribution in [2.75, 3.05) is 7.11 Å². The lowest BCUT2D eigenvalue weighted by atomic mass is 9.77. The molecule has 4 rings (SSSR count). The highest BCUT2D eigenvalue weighted by atomic mass is 19.4. The number of H-pyrrole nitrogens is 1. The van der Waals surface area contributed by atoms with Gasteiger partial charge in [0.15, 0.2) is 17.2 Å². The summed E-state index contributed by atoms with van der Waals surface area (Å²) in [5.74, 6) is -6.19. The van der Waals surface area contributed by atoms with Crippen molar-refractivity contribution in [1.82, 2.24) is 9.97 Å². The second-order valence-electron chi connectivity index (χ2n) is 8.13. The molecule has 11 heteroatoms. The zero-order chi connectivity index (χ0) is 24.3. The molecule has 0 unspecified atom stereocenters. The van der Waals surface area contributed by atoms with Crippen molar-refractivity contribution < 1.29 is 36.2 Å². The number of primary amides is 1. The number of halogens is 5. The number of nitrogens with one attached hydrogen (secondary N) is 1. The van der Waals surface area contributed by atoms with E-state index in [-0.39, 0.29) is 22.5 Å². The van der Waals surface area contributed by atoms with Gasteiger partial charge in [0, 0.05) is 17.4 Å². The largest absolute Gasteiger partial charge is 0.493 e. The first-order valence-corrected chi connectivity index (χ1v) is 9.95. The Bertz CT molecular complexity index is 1240. The highest BCUT2D eigenvalue weighted by Crippen LogP contribution is 2.59. The van der Waals surface area contributed by atoms with Gasteiger partial charge in [0.25, 0.3) is 5.91 Å². The van der Waals surface area contributed by atoms with Crippen LogP contribution in [-0.2, 0) is 4.74 Å². The number of amides is 1. The summed E-state index contributed by atoms with van der Waals surface area (Å²) in [5.41, 5.74) is 3.33. The molecule has 0 radical (unpaired) electrons. The molecule has 2 aromatic carbocycles. The maximum absolute atomic E-state index is 14.5. The van der Waals surface area contributed by atoms with E-state index < -0.39 is 53.0 Å². The quantitative estimate of drug-likeness (QED) is 0.539. The van der Waals surface area contributed by atoms with Gasteiger partial charge in [0.05, 0.1) is 18.2 Å². The molecule has 1 amide bonds. The van der Waals surface area contributed by atoms with Gasteiger partial charge < -0.3 is 20.2 Å². The Morgan fingerprint density at radius 3 is 2.55 bits per heavy atom. The highest BCUT2D eigenvalue weighted by molar-refractivity contribution is 6.04. The number of methoxy groups -OCH3 is 1. The van der Waals surface area contributed by atoms with Gasteiger partial charge in [-0.2, -0.15) is 17.6 Å². The Morgan fingerprint density at radius 1 is 1.24 bits per heavy atom. The fourth-order valence-electron chi connectivity index (χ4n) is 4.43. The van der Waals surface area contributed by atoms with E-state index in [0.29, 0.717) is 5.52 Å². The number of benzene rings is 2. The van der Waals surface area contributed by atoms with Gasteiger partial charge in [-0.15, -0.1) is 0 Å². The standard InChI is InChI=1S/C22H20F5N3O3/c1-9-14(10-7-8-12(23)15(24)17(10)32-3)18(33-21(9,2)22(25,26)27)20-29-13-6-4-5-11(19(28)31)16(13)30-20/h4-9,14,18H,1-3H3,(H2,28,31)(H,29,30)/t9-,14-,18+,21+/m0/s1. The highest BCUT2D eigenvalue weighted by Gasteiger charge is 2.65. The van der Waals surface area contributed by atoms with Crippen LogP contribution in [0.25, 0.3) is 11.0 Å². The molecule has 0 aliphatic carbocycles. The predicted octanol–water partition coefficient (Wildman–Crippen LogP) is 4.76. The van der Waals surface area contributed by atoms with E-state index in [9.17, 15) is 26.7 Å². The number of imidazole rings is 1. The molecule has 1 aromatic heterocycles. The van der Waals surface area contributed by atoms with Crippen molar-refractivity contribution in [2.45, 2.75) is 37.6 Å². The van der Waals surface area contributed by atoms with Crippen LogP contribution in [0.2, 0.25) is 0 Å². The number of nitrogens with zero attached hydrogens (tertiary/aromatic N) is 1. The Labute approximate surface area is 184 Å². The van der Waals surface area contributed by atoms with Gasteiger partial charge in [-0.3, -0.25) is 4.79 Å². The molecule has 6 nitrogen and oxygen atoms in total. The average molecular weight is 469 g/mol. The van der Waals surface area contributed by atoms with Crippen LogP contribution in [0.15, 0.2) is 30.3 Å². The summed E-state index contributed by atoms with van der Waals surface area (Å²) < 4.78 is 81.2. The van der Waals surface area contributed by atoms with Crippen LogP contribution in [0.4, 0.5) is 22.0 Å². The van der Waals surface area contributed by atoms with E-state index in [1.165, 1.54) is 25.1 Å². The van der Waals surface area contributed by atoms with E-state index in [4.69, 9.17) is 15.2 Å². The third kappa shape index (κ3) is 3.41. The Kier molecular flexibility index (Phi) is 5.35. The van der Waals surface area contributed by atoms with Crippen LogP contribution in [0.5, 0.6) is 5.75 Å². The molecule has 1 saturated heterocycles. The van der Waals surface area contributed by atoms with E-state index >= 15 is 0 Å². The molecule has 2 heterocycles. The molecule has 1 aliphatic rings. The third-order valence-corrected chi connectivity index (χ3v) is 6.38. The molecule has 0 spiro atoms. The minimum absolute atomic E-state index is 0.00236. The Balaban J connectivity index is 1.94. The lowest BCUT2D eigenvalue weighted by Gasteiger charge is -2.32. The first kappa shape index (κ1) is 23.0. The van der Waals surface area contributed by atoms with Gasteiger partial charge >= 0.3 is 6.18 Å². The van der Waals surface area contributed by atoms with Gasteiger partial charge in [0.2, 0.25) is 5.82 Å². The number of ether oxygens (including phenoxy) is 2. The normalized spacial score (nSPS) is 25.5. The van der Waals surface area contributed by atoms with Crippen molar-refractivity contribution in [3.05, 3.63) is 58.9 Å². The molecular formula is C22H20F5N3O3. The van der Waals surface area contributed by atoms with Crippen LogP contribution in [-0.4, -0.2) is 34.8 Å². The minimum Gasteiger partial charge on any atom is -0.493 e. The number of aromatic amines is 1. The molecule has 3 aromatic rings. The monoisotopic (exact) mass is 469 g/mol. The van der Waals surface area contributed by atoms with Crippen LogP contribution < -0.4 is 10.5 Å². The lowest BCUT2D eigenvalue weighted by molar-refractivity contribution is -0.275. The summed E-state index contributed by atoms with van der Waals surface area (Å²) in [6, 6.07) is 6.55. The summed E-state index contributed by atoms with van der Waals surface area (Å²) in [6.45, 7) is 2.21. The van der Waals surface area contributed by atoms with Crippen LogP contribution in [0.1, 0.15) is 47.6 Å². The molecular weight excluding hydrogens is 449 g/mol. The SMILES string of the molecule is COc1c([C@H]2[C@H](c3nc4c(C(N)=O)cccc4[nH]3)O[C@@](C)(C(F)(F)F)[C@H]2C)ccc(F)c1F. The second kappa shape index (κ2) is 7.68. The summed E-state index contributed by atoms with van der Waals surface area (Å²) in [6.07, 6.45) is -6.13. The third-order valence-electron chi connectivity index (χ3n) is 6.38. The maximum atomic E-state index is 14.5. The van der Waals surface area contributed by atoms with Crippen molar-refractivity contribution >= 4 is 16.9 Å². The van der Waals surface area contributed by atoms with E-state index in [2.05, 4.69) is 9.97 Å². The first-order chi connectivity index (χ1) is 15.4. The number of alkyl halides is 3. The zero-order valence-corrected chi connectivity index (χ0v) is 17.8. The fourth-order valence-corrected chi connectivity index (χ4v) is 4.43. The first-order valence-electron chi connectivity index (χ1n) is 9.95. The minimum atomic E-state index is -4.78. The number of aromatic nitrogens is 2. The van der Waals surface area contributed by atoms with E-state index in [1.54, 1.807) is 6.07 Å². The van der Waals surface area contributed by atoms with Gasteiger partial charge in [-0.25, -0.2) is 9.37 Å². The number of carbonyl (C=O) groups excluding carboxylic acids is 1. The Hall–Kier alpha value is -3.21. The number of nitrogens with two attached hydrogens (primary N) is 1. The maximum Gasteiger partial charge on any atom is 0.417 e. The molecule has 1 fully saturated rings. The number of hydrogen-bond donors (Lipinski definition) is 2. The van der Waals surface area contributed by atoms with Crippen LogP contribution >= 0.6 is 0 Å². The topological polar surface area (TPSA) is 90.2 Å². The smallest absolute Gasteiger partial charge is 0.417 e. The summed E-state index contributed by atoms with van der Waals surface area (Å²) in [5, 5.41) is 0. The molecule has 0 saturated carbocycles. The summed E-state index contributed by atoms with van der Waals surface area (Å²) in [4.78, 5) is 19.0. The average Bonchev–Trinajstić information content (AvgIpc) is 3.29. The molecule has 0 bridgehead atoms. The zero-order valence-electron chi connectivity index (χ0n) is 17.8. The van der Waals surface area contributed by atoms with Crippen molar-refractivity contribution in [3.63, 3.8) is 0 Å². The molecule has 176 valence electrons. The van der Waals surface area contributed by atoms with Crippen LogP contribution in [0, 0.1) is 17.6 Å². The van der Waals surface area contributed by atoms with Crippen molar-refractivity contribution in [1.29, 1.82) is 0 Å². The number of carbonyl (C=O) groups is 1. The van der Waals surface area contributed by atoms with Crippen molar-refractivity contribution in [3.8, 4) is 5.75 Å². The predicted molar refractivity (Wildman–Crippen MR) is 108 cm³/mol. The van der Waals surface area contributed by atoms with Gasteiger partial charge in [-0.05, 0) is 25.1 Å². The molecule has 4 atom stereocenters. The van der Waals surface area contributed by atoms with E-state index in [1.807, 2.05) is 0 Å². The number of hydrogen-bond acceptors (Lipinski definition) is 4. The summed E-state index contributed by atoms with van der Waals surface area (Å²) >= 11 is 0. The fraction of sp³-hybridized carbons (Fsp3) is 0.364. The number of para-hydroxylation sites is 1. The molecule has 33 heavy (non-hydrogen) atoms. The van der Waals surface area contributed by atoms with Crippen molar-refractivity contribution in [2.24, 2.45) is 11.7 Å². The number of fused-ring (bicyclic) bond motifs is 1. The van der Waals surface area contributed by atoms with Gasteiger partial charge in [0.1, 0.15) is 17.4 Å². The second-order valence-corrected chi connectivity index (χ2v) is 8.13. The summed E-state index contributed by atoms with van der Waals surface area (Å²) in [7, 11) is 1.10. The van der Waals surface area contributed by atoms with Crippen LogP contribution in [0.3, 0.4) is 0 Å². The number of rotatable bonds is 4. The Morgan fingerprint density at radius 2 is 1.94 bits per heavy atom. The molecule has 3 N–H and O–H groups in total.